The van der Waals surface area contributed by atoms with Crippen molar-refractivity contribution in [2.45, 2.75) is 25.2 Å². The number of carbonyl (C=O) groups excluding carboxylic acids is 1. The summed E-state index contributed by atoms with van der Waals surface area (Å²) in [6.45, 7) is 5.13. The lowest BCUT2D eigenvalue weighted by Gasteiger charge is -2.34. The topological polar surface area (TPSA) is 105 Å². The van der Waals surface area contributed by atoms with Crippen LogP contribution in [0.15, 0.2) is 62.3 Å². The Kier molecular flexibility index (Phi) is 6.45. The average Bonchev–Trinajstić information content (AvgIpc) is 3.21. The molecule has 2 unspecified atom stereocenters. The SMILES string of the molecule is CC1CC(C)CN(S(=O)(=O)c2ccc(C(=O)Nc3nnc(-c4cccc(Br)c4)o3)cc2)C1. The lowest BCUT2D eigenvalue weighted by Crippen LogP contribution is -2.42. The molecule has 3 aromatic rings. The van der Waals surface area contributed by atoms with Crippen LogP contribution in [0.3, 0.4) is 0 Å². The van der Waals surface area contributed by atoms with Crippen molar-refractivity contribution in [2.24, 2.45) is 11.8 Å². The van der Waals surface area contributed by atoms with Gasteiger partial charge in [-0.3, -0.25) is 10.1 Å². The van der Waals surface area contributed by atoms with Gasteiger partial charge in [-0.15, -0.1) is 5.10 Å². The molecule has 32 heavy (non-hydrogen) atoms. The van der Waals surface area contributed by atoms with Crippen LogP contribution >= 0.6 is 15.9 Å². The van der Waals surface area contributed by atoms with Crippen molar-refractivity contribution in [3.05, 3.63) is 58.6 Å². The normalized spacial score (nSPS) is 19.6. The molecule has 8 nitrogen and oxygen atoms in total. The number of aromatic nitrogens is 2. The van der Waals surface area contributed by atoms with E-state index in [4.69, 9.17) is 4.42 Å². The summed E-state index contributed by atoms with van der Waals surface area (Å²) in [7, 11) is -3.60. The number of nitrogens with one attached hydrogen (secondary N) is 1. The van der Waals surface area contributed by atoms with E-state index in [1.807, 2.05) is 24.3 Å². The van der Waals surface area contributed by atoms with Crippen LogP contribution in [0.2, 0.25) is 0 Å². The molecular formula is C22H23BrN4O4S. The van der Waals surface area contributed by atoms with Crippen LogP contribution < -0.4 is 5.32 Å². The number of amides is 1. The van der Waals surface area contributed by atoms with Crippen LogP contribution in [0.25, 0.3) is 11.5 Å². The fraction of sp³-hybridized carbons (Fsp3) is 0.318. The minimum Gasteiger partial charge on any atom is -0.403 e. The maximum atomic E-state index is 13.0. The summed E-state index contributed by atoms with van der Waals surface area (Å²) < 4.78 is 33.9. The Balaban J connectivity index is 1.46. The van der Waals surface area contributed by atoms with Gasteiger partial charge in [0.25, 0.3) is 5.91 Å². The molecule has 168 valence electrons. The second-order valence-corrected chi connectivity index (χ2v) is 11.0. The molecule has 0 spiro atoms. The van der Waals surface area contributed by atoms with E-state index in [9.17, 15) is 13.2 Å². The van der Waals surface area contributed by atoms with Crippen molar-refractivity contribution < 1.29 is 17.6 Å². The van der Waals surface area contributed by atoms with Crippen LogP contribution in [0, 0.1) is 11.8 Å². The Morgan fingerprint density at radius 1 is 1.09 bits per heavy atom. The summed E-state index contributed by atoms with van der Waals surface area (Å²) in [6.07, 6.45) is 1.02. The van der Waals surface area contributed by atoms with E-state index in [2.05, 4.69) is 45.3 Å². The third-order valence-electron chi connectivity index (χ3n) is 5.31. The molecule has 1 aliphatic rings. The molecule has 0 saturated carbocycles. The molecule has 4 rings (SSSR count). The molecule has 0 radical (unpaired) electrons. The zero-order valence-electron chi connectivity index (χ0n) is 17.7. The molecule has 2 atom stereocenters. The van der Waals surface area contributed by atoms with E-state index in [1.165, 1.54) is 28.6 Å². The molecule has 1 aromatic heterocycles. The second kappa shape index (κ2) is 9.13. The predicted octanol–water partition coefficient (Wildman–Crippen LogP) is 4.42. The van der Waals surface area contributed by atoms with Gasteiger partial charge in [0.05, 0.1) is 4.90 Å². The molecule has 1 aliphatic heterocycles. The van der Waals surface area contributed by atoms with Crippen LogP contribution in [0.1, 0.15) is 30.6 Å². The number of anilines is 1. The Morgan fingerprint density at radius 3 is 2.44 bits per heavy atom. The number of piperidine rings is 1. The lowest BCUT2D eigenvalue weighted by atomic mass is 9.94. The molecule has 2 heterocycles. The van der Waals surface area contributed by atoms with Gasteiger partial charge < -0.3 is 4.42 Å². The number of carbonyl (C=O) groups is 1. The summed E-state index contributed by atoms with van der Waals surface area (Å²) in [4.78, 5) is 12.7. The molecule has 2 aromatic carbocycles. The molecule has 1 saturated heterocycles. The zero-order chi connectivity index (χ0) is 22.9. The predicted molar refractivity (Wildman–Crippen MR) is 124 cm³/mol. The Labute approximate surface area is 195 Å². The average molecular weight is 519 g/mol. The first-order chi connectivity index (χ1) is 15.2. The van der Waals surface area contributed by atoms with Crippen molar-refractivity contribution in [3.8, 4) is 11.5 Å². The summed E-state index contributed by atoms with van der Waals surface area (Å²) in [5.74, 6) is 0.427. The number of halogens is 1. The molecule has 0 aliphatic carbocycles. The highest BCUT2D eigenvalue weighted by atomic mass is 79.9. The highest BCUT2D eigenvalue weighted by Crippen LogP contribution is 2.27. The minimum absolute atomic E-state index is 0.0436. The van der Waals surface area contributed by atoms with E-state index in [1.54, 1.807) is 0 Å². The molecule has 1 amide bonds. The van der Waals surface area contributed by atoms with Gasteiger partial charge in [0.2, 0.25) is 15.9 Å². The molecule has 10 heteroatoms. The van der Waals surface area contributed by atoms with Crippen molar-refractivity contribution in [1.29, 1.82) is 0 Å². The maximum absolute atomic E-state index is 13.0. The van der Waals surface area contributed by atoms with Gasteiger partial charge in [-0.25, -0.2) is 8.42 Å². The van der Waals surface area contributed by atoms with E-state index in [0.29, 0.717) is 30.5 Å². The highest BCUT2D eigenvalue weighted by Gasteiger charge is 2.31. The van der Waals surface area contributed by atoms with Crippen molar-refractivity contribution in [2.75, 3.05) is 18.4 Å². The number of hydrogen-bond donors (Lipinski definition) is 1. The third kappa shape index (κ3) is 4.92. The number of benzene rings is 2. The monoisotopic (exact) mass is 518 g/mol. The lowest BCUT2D eigenvalue weighted by molar-refractivity contribution is 0.102. The number of hydrogen-bond acceptors (Lipinski definition) is 6. The fourth-order valence-corrected chi connectivity index (χ4v) is 5.99. The first-order valence-corrected chi connectivity index (χ1v) is 12.5. The smallest absolute Gasteiger partial charge is 0.322 e. The largest absolute Gasteiger partial charge is 0.403 e. The summed E-state index contributed by atoms with van der Waals surface area (Å²) in [5.41, 5.74) is 0.995. The van der Waals surface area contributed by atoms with Crippen molar-refractivity contribution >= 4 is 37.9 Å². The van der Waals surface area contributed by atoms with Gasteiger partial charge in [-0.1, -0.05) is 40.9 Å². The van der Waals surface area contributed by atoms with E-state index >= 15 is 0 Å². The Hall–Kier alpha value is -2.56. The number of sulfonamides is 1. The first kappa shape index (κ1) is 22.6. The van der Waals surface area contributed by atoms with Gasteiger partial charge in [0, 0.05) is 28.7 Å². The molecule has 0 bridgehead atoms. The van der Waals surface area contributed by atoms with Gasteiger partial charge in [-0.2, -0.15) is 4.31 Å². The molecule has 1 N–H and O–H groups in total. The summed E-state index contributed by atoms with van der Waals surface area (Å²) >= 11 is 3.38. The summed E-state index contributed by atoms with van der Waals surface area (Å²) in [6, 6.07) is 13.2. The van der Waals surface area contributed by atoms with E-state index < -0.39 is 15.9 Å². The summed E-state index contributed by atoms with van der Waals surface area (Å²) in [5, 5.41) is 10.3. The Bertz CT molecular complexity index is 1220. The van der Waals surface area contributed by atoms with Crippen molar-refractivity contribution in [3.63, 3.8) is 0 Å². The van der Waals surface area contributed by atoms with Gasteiger partial charge >= 0.3 is 6.01 Å². The van der Waals surface area contributed by atoms with E-state index in [-0.39, 0.29) is 22.4 Å². The quantitative estimate of drug-likeness (QED) is 0.535. The fourth-order valence-electron chi connectivity index (χ4n) is 3.91. The third-order valence-corrected chi connectivity index (χ3v) is 7.65. The van der Waals surface area contributed by atoms with Crippen LogP contribution in [0.5, 0.6) is 0 Å². The maximum Gasteiger partial charge on any atom is 0.322 e. The van der Waals surface area contributed by atoms with Gasteiger partial charge in [0.1, 0.15) is 0 Å². The van der Waals surface area contributed by atoms with Gasteiger partial charge in [-0.05, 0) is 60.7 Å². The van der Waals surface area contributed by atoms with Crippen molar-refractivity contribution in [1.82, 2.24) is 14.5 Å². The first-order valence-electron chi connectivity index (χ1n) is 10.2. The van der Waals surface area contributed by atoms with Crippen LogP contribution in [0.4, 0.5) is 6.01 Å². The highest BCUT2D eigenvalue weighted by molar-refractivity contribution is 9.10. The Morgan fingerprint density at radius 2 is 1.78 bits per heavy atom. The van der Waals surface area contributed by atoms with E-state index in [0.717, 1.165) is 10.9 Å². The standard InChI is InChI=1S/C22H23BrN4O4S/c1-14-10-15(2)13-27(12-14)32(29,30)19-8-6-16(7-9-19)20(28)24-22-26-25-21(31-22)17-4-3-5-18(23)11-17/h3-9,11,14-15H,10,12-13H2,1-2H3,(H,24,26,28). The number of rotatable bonds is 5. The van der Waals surface area contributed by atoms with Crippen LogP contribution in [-0.4, -0.2) is 41.9 Å². The van der Waals surface area contributed by atoms with Gasteiger partial charge in [0.15, 0.2) is 0 Å². The molecule has 1 fully saturated rings. The minimum atomic E-state index is -3.60. The van der Waals surface area contributed by atoms with Crippen LogP contribution in [-0.2, 0) is 10.0 Å². The number of nitrogens with zero attached hydrogens (tertiary/aromatic N) is 3. The molecular weight excluding hydrogens is 496 g/mol. The second-order valence-electron chi connectivity index (χ2n) is 8.17. The zero-order valence-corrected chi connectivity index (χ0v) is 20.1.